The van der Waals surface area contributed by atoms with Crippen molar-refractivity contribution in [3.8, 4) is 5.75 Å². The molecule has 0 radical (unpaired) electrons. The molecule has 2 aliphatic heterocycles. The number of nitrogens with zero attached hydrogens (tertiary/aromatic N) is 3. The third kappa shape index (κ3) is 3.75. The van der Waals surface area contributed by atoms with Crippen LogP contribution in [0.4, 0.5) is 0 Å². The van der Waals surface area contributed by atoms with Crippen molar-refractivity contribution in [2.75, 3.05) is 47.4 Å². The van der Waals surface area contributed by atoms with E-state index in [0.29, 0.717) is 32.0 Å². The average molecular weight is 388 g/mol. The van der Waals surface area contributed by atoms with E-state index in [9.17, 15) is 9.59 Å². The van der Waals surface area contributed by atoms with E-state index in [1.54, 1.807) is 12.0 Å². The summed E-state index contributed by atoms with van der Waals surface area (Å²) in [5.74, 6) is 1.31. The van der Waals surface area contributed by atoms with Gasteiger partial charge in [0.2, 0.25) is 11.8 Å². The van der Waals surface area contributed by atoms with Gasteiger partial charge in [0, 0.05) is 58.7 Å². The summed E-state index contributed by atoms with van der Waals surface area (Å²) in [4.78, 5) is 32.0. The van der Waals surface area contributed by atoms with Gasteiger partial charge in [-0.05, 0) is 31.9 Å². The number of amides is 2. The van der Waals surface area contributed by atoms with Crippen LogP contribution in [0.3, 0.4) is 0 Å². The Bertz CT molecular complexity index is 733. The van der Waals surface area contributed by atoms with E-state index in [2.05, 4.69) is 18.7 Å². The minimum absolute atomic E-state index is 0.127. The Balaban J connectivity index is 1.70. The summed E-state index contributed by atoms with van der Waals surface area (Å²) in [7, 11) is 5.29. The molecule has 2 saturated heterocycles. The number of rotatable bonds is 6. The molecule has 0 N–H and O–H groups in total. The molecule has 1 aromatic carbocycles. The maximum atomic E-state index is 13.1. The van der Waals surface area contributed by atoms with Gasteiger partial charge in [0.15, 0.2) is 0 Å². The Morgan fingerprint density at radius 1 is 1.21 bits per heavy atom. The van der Waals surface area contributed by atoms with Gasteiger partial charge in [-0.1, -0.05) is 18.2 Å². The van der Waals surface area contributed by atoms with Crippen LogP contribution in [0.2, 0.25) is 0 Å². The van der Waals surface area contributed by atoms with Crippen molar-refractivity contribution in [3.05, 3.63) is 29.8 Å². The van der Waals surface area contributed by atoms with Crippen molar-refractivity contribution in [2.45, 2.75) is 32.7 Å². The summed E-state index contributed by atoms with van der Waals surface area (Å²) in [6.45, 7) is 7.17. The van der Waals surface area contributed by atoms with Crippen LogP contribution < -0.4 is 4.74 Å². The number of carbonyl (C=O) groups excluding carboxylic acids is 2. The van der Waals surface area contributed by atoms with Gasteiger partial charge in [-0.25, -0.2) is 0 Å². The summed E-state index contributed by atoms with van der Waals surface area (Å²) in [5, 5.41) is 0. The van der Waals surface area contributed by atoms with Gasteiger partial charge in [-0.2, -0.15) is 0 Å². The molecule has 2 heterocycles. The standard InChI is InChI=1S/C22H33N3O3/c1-16(2)24-12-18-13-25(15-22(18,14-24)21(27)23(3)4)20(26)11-10-17-8-6-7-9-19(17)28-5/h6-9,16,18H,10-15H2,1-5H3/t18-,22-/m0/s1. The van der Waals surface area contributed by atoms with E-state index < -0.39 is 5.41 Å². The summed E-state index contributed by atoms with van der Waals surface area (Å²) < 4.78 is 5.39. The molecule has 0 spiro atoms. The van der Waals surface area contributed by atoms with E-state index in [4.69, 9.17) is 4.74 Å². The fourth-order valence-corrected chi connectivity index (χ4v) is 4.74. The lowest BCUT2D eigenvalue weighted by Crippen LogP contribution is -2.48. The lowest BCUT2D eigenvalue weighted by atomic mass is 9.79. The van der Waals surface area contributed by atoms with Gasteiger partial charge >= 0.3 is 0 Å². The maximum Gasteiger partial charge on any atom is 0.231 e. The quantitative estimate of drug-likeness (QED) is 0.748. The van der Waals surface area contributed by atoms with Gasteiger partial charge < -0.3 is 14.5 Å². The number of aryl methyl sites for hydroxylation is 1. The number of hydrogen-bond donors (Lipinski definition) is 0. The van der Waals surface area contributed by atoms with Crippen LogP contribution in [0.5, 0.6) is 5.75 Å². The topological polar surface area (TPSA) is 53.1 Å². The van der Waals surface area contributed by atoms with Crippen molar-refractivity contribution in [1.82, 2.24) is 14.7 Å². The Hall–Kier alpha value is -2.08. The number of fused-ring (bicyclic) bond motifs is 1. The van der Waals surface area contributed by atoms with Crippen LogP contribution in [-0.4, -0.2) is 79.9 Å². The molecule has 0 aromatic heterocycles. The number of methoxy groups -OCH3 is 1. The molecule has 0 bridgehead atoms. The molecule has 28 heavy (non-hydrogen) atoms. The minimum atomic E-state index is -0.464. The molecule has 6 nitrogen and oxygen atoms in total. The Morgan fingerprint density at radius 3 is 2.57 bits per heavy atom. The summed E-state index contributed by atoms with van der Waals surface area (Å²) in [6, 6.07) is 8.23. The van der Waals surface area contributed by atoms with Crippen molar-refractivity contribution in [3.63, 3.8) is 0 Å². The molecule has 6 heteroatoms. The van der Waals surface area contributed by atoms with E-state index >= 15 is 0 Å². The Morgan fingerprint density at radius 2 is 1.93 bits per heavy atom. The number of ether oxygens (including phenoxy) is 1. The van der Waals surface area contributed by atoms with E-state index in [-0.39, 0.29) is 17.7 Å². The molecule has 154 valence electrons. The molecule has 3 rings (SSSR count). The Kier molecular flexibility index (Phi) is 5.98. The zero-order chi connectivity index (χ0) is 20.5. The zero-order valence-electron chi connectivity index (χ0n) is 17.8. The predicted molar refractivity (Wildman–Crippen MR) is 109 cm³/mol. The molecular formula is C22H33N3O3. The zero-order valence-corrected chi connectivity index (χ0v) is 17.8. The summed E-state index contributed by atoms with van der Waals surface area (Å²) in [6.07, 6.45) is 1.09. The molecule has 2 atom stereocenters. The maximum absolute atomic E-state index is 13.1. The minimum Gasteiger partial charge on any atom is -0.496 e. The molecule has 0 saturated carbocycles. The first-order valence-electron chi connectivity index (χ1n) is 10.1. The lowest BCUT2D eigenvalue weighted by molar-refractivity contribution is -0.140. The highest BCUT2D eigenvalue weighted by atomic mass is 16.5. The van der Waals surface area contributed by atoms with Crippen LogP contribution in [0, 0.1) is 11.3 Å². The highest BCUT2D eigenvalue weighted by Crippen LogP contribution is 2.44. The first-order chi connectivity index (χ1) is 13.3. The fourth-order valence-electron chi connectivity index (χ4n) is 4.74. The SMILES string of the molecule is COc1ccccc1CCC(=O)N1C[C@@H]2CN(C(C)C)C[C@]2(C(=O)N(C)C)C1. The van der Waals surface area contributed by atoms with Crippen LogP contribution >= 0.6 is 0 Å². The van der Waals surface area contributed by atoms with Gasteiger partial charge in [-0.3, -0.25) is 14.5 Å². The molecule has 2 fully saturated rings. The smallest absolute Gasteiger partial charge is 0.231 e. The van der Waals surface area contributed by atoms with E-state index in [0.717, 1.165) is 24.4 Å². The fraction of sp³-hybridized carbons (Fsp3) is 0.636. The highest BCUT2D eigenvalue weighted by molar-refractivity contribution is 5.86. The summed E-state index contributed by atoms with van der Waals surface area (Å²) >= 11 is 0. The second kappa shape index (κ2) is 8.11. The molecular weight excluding hydrogens is 354 g/mol. The second-order valence-electron chi connectivity index (χ2n) is 8.66. The first kappa shape index (κ1) is 20.6. The Labute approximate surface area is 168 Å². The monoisotopic (exact) mass is 387 g/mol. The van der Waals surface area contributed by atoms with Gasteiger partial charge in [0.1, 0.15) is 5.75 Å². The molecule has 1 aromatic rings. The van der Waals surface area contributed by atoms with Gasteiger partial charge in [0.05, 0.1) is 12.5 Å². The van der Waals surface area contributed by atoms with Crippen molar-refractivity contribution in [2.24, 2.45) is 11.3 Å². The third-order valence-corrected chi connectivity index (χ3v) is 6.35. The normalized spacial score (nSPS) is 24.5. The van der Waals surface area contributed by atoms with Crippen LogP contribution in [0.15, 0.2) is 24.3 Å². The molecule has 2 aliphatic rings. The summed E-state index contributed by atoms with van der Waals surface area (Å²) in [5.41, 5.74) is 0.580. The molecule has 0 aliphatic carbocycles. The third-order valence-electron chi connectivity index (χ3n) is 6.35. The highest BCUT2D eigenvalue weighted by Gasteiger charge is 2.58. The van der Waals surface area contributed by atoms with Crippen molar-refractivity contribution in [1.29, 1.82) is 0 Å². The molecule has 0 unspecified atom stereocenters. The van der Waals surface area contributed by atoms with Crippen molar-refractivity contribution >= 4 is 11.8 Å². The number of carbonyl (C=O) groups is 2. The van der Waals surface area contributed by atoms with E-state index in [1.165, 1.54) is 0 Å². The van der Waals surface area contributed by atoms with Gasteiger partial charge in [-0.15, -0.1) is 0 Å². The predicted octanol–water partition coefficient (Wildman–Crippen LogP) is 1.88. The number of likely N-dealkylation sites (tertiary alicyclic amines) is 2. The van der Waals surface area contributed by atoms with Crippen LogP contribution in [-0.2, 0) is 16.0 Å². The lowest BCUT2D eigenvalue weighted by Gasteiger charge is -2.31. The van der Waals surface area contributed by atoms with Crippen LogP contribution in [0.25, 0.3) is 0 Å². The van der Waals surface area contributed by atoms with Gasteiger partial charge in [0.25, 0.3) is 0 Å². The van der Waals surface area contributed by atoms with Crippen molar-refractivity contribution < 1.29 is 14.3 Å². The number of benzene rings is 1. The van der Waals surface area contributed by atoms with E-state index in [1.807, 2.05) is 43.3 Å². The second-order valence-corrected chi connectivity index (χ2v) is 8.66. The first-order valence-corrected chi connectivity index (χ1v) is 10.1. The average Bonchev–Trinajstić information content (AvgIpc) is 3.21. The largest absolute Gasteiger partial charge is 0.496 e. The number of para-hydroxylation sites is 1. The van der Waals surface area contributed by atoms with Crippen LogP contribution in [0.1, 0.15) is 25.8 Å². The molecule has 2 amide bonds. The number of hydrogen-bond acceptors (Lipinski definition) is 4.